The molecule has 1 aliphatic carbocycles. The number of para-hydroxylation sites is 1. The third kappa shape index (κ3) is 9.52. The van der Waals surface area contributed by atoms with Crippen LogP contribution >= 0.6 is 24.0 Å². The molecule has 0 spiro atoms. The molecule has 1 aromatic carbocycles. The standard InChI is InChI=1S/C24H39N5O2.HI/c1-2-26-24(27-13-5-6-14-29-15-11-20(12-16-29)23(25)30)28-17-21-7-3-4-8-22(21)31-18-19-9-10-19;/h3-4,7-8,19-20H,2,5-6,9-18H2,1H3,(H2,25,30)(H2,26,27,28);1H. The Hall–Kier alpha value is -1.55. The van der Waals surface area contributed by atoms with Crippen molar-refractivity contribution >= 4 is 35.8 Å². The van der Waals surface area contributed by atoms with E-state index in [1.165, 1.54) is 12.8 Å². The van der Waals surface area contributed by atoms with E-state index < -0.39 is 0 Å². The van der Waals surface area contributed by atoms with Gasteiger partial charge >= 0.3 is 0 Å². The minimum absolute atomic E-state index is 0. The van der Waals surface area contributed by atoms with Crippen LogP contribution in [0.4, 0.5) is 0 Å². The fourth-order valence-electron chi connectivity index (χ4n) is 3.88. The van der Waals surface area contributed by atoms with Gasteiger partial charge in [-0.15, -0.1) is 24.0 Å². The highest BCUT2D eigenvalue weighted by Gasteiger charge is 2.23. The Kier molecular flexibility index (Phi) is 12.2. The maximum atomic E-state index is 11.3. The molecule has 1 amide bonds. The lowest BCUT2D eigenvalue weighted by Crippen LogP contribution is -2.39. The summed E-state index contributed by atoms with van der Waals surface area (Å²) in [6, 6.07) is 8.20. The third-order valence-corrected chi connectivity index (χ3v) is 6.08. The summed E-state index contributed by atoms with van der Waals surface area (Å²) in [6.07, 6.45) is 6.60. The summed E-state index contributed by atoms with van der Waals surface area (Å²) < 4.78 is 6.00. The number of primary amides is 1. The zero-order valence-corrected chi connectivity index (χ0v) is 21.7. The number of rotatable bonds is 12. The van der Waals surface area contributed by atoms with Gasteiger partial charge in [0.2, 0.25) is 5.91 Å². The molecular weight excluding hydrogens is 517 g/mol. The van der Waals surface area contributed by atoms with Crippen molar-refractivity contribution in [3.8, 4) is 5.75 Å². The molecule has 7 nitrogen and oxygen atoms in total. The van der Waals surface area contributed by atoms with E-state index in [1.807, 2.05) is 18.2 Å². The highest BCUT2D eigenvalue weighted by molar-refractivity contribution is 14.0. The molecular formula is C24H40IN5O2. The zero-order valence-electron chi connectivity index (χ0n) is 19.4. The number of guanidine groups is 1. The summed E-state index contributed by atoms with van der Waals surface area (Å²) in [5, 5.41) is 6.78. The van der Waals surface area contributed by atoms with Gasteiger partial charge in [0.1, 0.15) is 5.75 Å². The third-order valence-electron chi connectivity index (χ3n) is 6.08. The Bertz CT molecular complexity index is 718. The first kappa shape index (κ1) is 26.7. The summed E-state index contributed by atoms with van der Waals surface area (Å²) in [4.78, 5) is 18.5. The number of nitrogens with zero attached hydrogens (tertiary/aromatic N) is 2. The number of benzene rings is 1. The van der Waals surface area contributed by atoms with Gasteiger partial charge in [0, 0.05) is 24.6 Å². The van der Waals surface area contributed by atoms with Gasteiger partial charge in [-0.05, 0) is 77.1 Å². The van der Waals surface area contributed by atoms with Crippen LogP contribution in [0.15, 0.2) is 29.3 Å². The number of nitrogens with two attached hydrogens (primary N) is 1. The Balaban J connectivity index is 0.00000363. The Labute approximate surface area is 210 Å². The maximum absolute atomic E-state index is 11.3. The molecule has 8 heteroatoms. The first-order valence-corrected chi connectivity index (χ1v) is 11.9. The second kappa shape index (κ2) is 14.6. The summed E-state index contributed by atoms with van der Waals surface area (Å²) >= 11 is 0. The van der Waals surface area contributed by atoms with Crippen molar-refractivity contribution in [2.75, 3.05) is 39.3 Å². The second-order valence-corrected chi connectivity index (χ2v) is 8.71. The van der Waals surface area contributed by atoms with E-state index in [1.54, 1.807) is 0 Å². The minimum Gasteiger partial charge on any atom is -0.493 e. The molecule has 1 saturated carbocycles. The van der Waals surface area contributed by atoms with E-state index in [0.717, 1.165) is 88.2 Å². The van der Waals surface area contributed by atoms with Crippen molar-refractivity contribution in [2.45, 2.75) is 52.0 Å². The number of aliphatic imine (C=N–C) groups is 1. The van der Waals surface area contributed by atoms with Gasteiger partial charge in [-0.25, -0.2) is 4.99 Å². The molecule has 1 saturated heterocycles. The van der Waals surface area contributed by atoms with Crippen molar-refractivity contribution < 1.29 is 9.53 Å². The number of carbonyl (C=O) groups excluding carboxylic acids is 1. The first-order valence-electron chi connectivity index (χ1n) is 11.9. The summed E-state index contributed by atoms with van der Waals surface area (Å²) in [6.45, 7) is 8.26. The SMILES string of the molecule is CCNC(=NCc1ccccc1OCC1CC1)NCCCCN1CCC(C(N)=O)CC1.I. The van der Waals surface area contributed by atoms with Gasteiger partial charge in [0.25, 0.3) is 0 Å². The Morgan fingerprint density at radius 3 is 2.59 bits per heavy atom. The monoisotopic (exact) mass is 557 g/mol. The van der Waals surface area contributed by atoms with Crippen LogP contribution in [-0.4, -0.2) is 56.1 Å². The molecule has 2 fully saturated rings. The zero-order chi connectivity index (χ0) is 21.9. The van der Waals surface area contributed by atoms with Crippen molar-refractivity contribution in [3.63, 3.8) is 0 Å². The molecule has 4 N–H and O–H groups in total. The lowest BCUT2D eigenvalue weighted by atomic mass is 9.96. The molecule has 32 heavy (non-hydrogen) atoms. The van der Waals surface area contributed by atoms with Crippen LogP contribution in [0.3, 0.4) is 0 Å². The number of likely N-dealkylation sites (tertiary alicyclic amines) is 1. The van der Waals surface area contributed by atoms with Crippen LogP contribution < -0.4 is 21.1 Å². The maximum Gasteiger partial charge on any atom is 0.220 e. The van der Waals surface area contributed by atoms with Crippen LogP contribution in [0.5, 0.6) is 5.75 Å². The summed E-state index contributed by atoms with van der Waals surface area (Å²) in [5.74, 6) is 2.47. The molecule has 2 aliphatic rings. The van der Waals surface area contributed by atoms with Crippen LogP contribution in [0.2, 0.25) is 0 Å². The number of amides is 1. The predicted molar refractivity (Wildman–Crippen MR) is 140 cm³/mol. The molecule has 180 valence electrons. The molecule has 0 radical (unpaired) electrons. The molecule has 0 unspecified atom stereocenters. The molecule has 1 heterocycles. The molecule has 0 aromatic heterocycles. The van der Waals surface area contributed by atoms with E-state index >= 15 is 0 Å². The highest BCUT2D eigenvalue weighted by atomic mass is 127. The largest absolute Gasteiger partial charge is 0.493 e. The number of hydrogen-bond acceptors (Lipinski definition) is 4. The topological polar surface area (TPSA) is 92.0 Å². The van der Waals surface area contributed by atoms with E-state index in [4.69, 9.17) is 15.5 Å². The first-order chi connectivity index (χ1) is 15.2. The predicted octanol–water partition coefficient (Wildman–Crippen LogP) is 3.13. The van der Waals surface area contributed by atoms with Gasteiger partial charge < -0.3 is 26.0 Å². The van der Waals surface area contributed by atoms with E-state index in [0.29, 0.717) is 6.54 Å². The van der Waals surface area contributed by atoms with Gasteiger partial charge in [-0.2, -0.15) is 0 Å². The van der Waals surface area contributed by atoms with Crippen molar-refractivity contribution in [1.29, 1.82) is 0 Å². The average molecular weight is 558 g/mol. The van der Waals surface area contributed by atoms with Gasteiger partial charge in [-0.1, -0.05) is 18.2 Å². The number of ether oxygens (including phenoxy) is 1. The van der Waals surface area contributed by atoms with Crippen LogP contribution in [0.25, 0.3) is 0 Å². The quantitative estimate of drug-likeness (QED) is 0.159. The number of nitrogens with one attached hydrogen (secondary N) is 2. The highest BCUT2D eigenvalue weighted by Crippen LogP contribution is 2.30. The van der Waals surface area contributed by atoms with Gasteiger partial charge in [0.15, 0.2) is 5.96 Å². The van der Waals surface area contributed by atoms with Gasteiger partial charge in [-0.3, -0.25) is 4.79 Å². The lowest BCUT2D eigenvalue weighted by Gasteiger charge is -2.30. The van der Waals surface area contributed by atoms with Crippen LogP contribution in [0.1, 0.15) is 51.0 Å². The summed E-state index contributed by atoms with van der Waals surface area (Å²) in [7, 11) is 0. The van der Waals surface area contributed by atoms with Gasteiger partial charge in [0.05, 0.1) is 13.2 Å². The summed E-state index contributed by atoms with van der Waals surface area (Å²) in [5.41, 5.74) is 6.54. The second-order valence-electron chi connectivity index (χ2n) is 8.71. The van der Waals surface area contributed by atoms with Crippen LogP contribution in [-0.2, 0) is 11.3 Å². The van der Waals surface area contributed by atoms with E-state index in [9.17, 15) is 4.79 Å². The fraction of sp³-hybridized carbons (Fsp3) is 0.667. The molecule has 1 aliphatic heterocycles. The van der Waals surface area contributed by atoms with E-state index in [2.05, 4.69) is 28.5 Å². The van der Waals surface area contributed by atoms with Crippen LogP contribution in [0, 0.1) is 11.8 Å². The van der Waals surface area contributed by atoms with Crippen molar-refractivity contribution in [2.24, 2.45) is 22.6 Å². The van der Waals surface area contributed by atoms with Crippen molar-refractivity contribution in [1.82, 2.24) is 15.5 Å². The molecule has 1 aromatic rings. The Morgan fingerprint density at radius 1 is 1.16 bits per heavy atom. The lowest BCUT2D eigenvalue weighted by molar-refractivity contribution is -0.123. The average Bonchev–Trinajstić information content (AvgIpc) is 3.61. The number of unbranched alkanes of at least 4 members (excludes halogenated alkanes) is 1. The smallest absolute Gasteiger partial charge is 0.220 e. The number of hydrogen-bond donors (Lipinski definition) is 3. The van der Waals surface area contributed by atoms with Crippen molar-refractivity contribution in [3.05, 3.63) is 29.8 Å². The number of piperidine rings is 1. The number of halogens is 1. The minimum atomic E-state index is -0.142. The number of carbonyl (C=O) groups is 1. The van der Waals surface area contributed by atoms with E-state index in [-0.39, 0.29) is 35.8 Å². The fourth-order valence-corrected chi connectivity index (χ4v) is 3.88. The normalized spacial score (nSPS) is 17.5. The molecule has 0 atom stereocenters. The molecule has 0 bridgehead atoms. The Morgan fingerprint density at radius 2 is 1.91 bits per heavy atom. The molecule has 3 rings (SSSR count).